The van der Waals surface area contributed by atoms with Crippen LogP contribution in [0.15, 0.2) is 27.3 Å². The molecule has 0 unspecified atom stereocenters. The van der Waals surface area contributed by atoms with Crippen molar-refractivity contribution >= 4 is 0 Å². The molecule has 0 spiro atoms. The van der Waals surface area contributed by atoms with E-state index >= 15 is 0 Å². The van der Waals surface area contributed by atoms with Crippen LogP contribution >= 0.6 is 0 Å². The molecule has 1 N–H and O–H groups in total. The summed E-state index contributed by atoms with van der Waals surface area (Å²) in [6, 6.07) is 3.57. The molecule has 1 saturated heterocycles. The fraction of sp³-hybridized carbons (Fsp3) is 0.538. The number of β-amino-alcohol motifs (C(OH)–C–C–N with tert-alkyl or cyclic N) is 1. The molecule has 0 saturated carbocycles. The summed E-state index contributed by atoms with van der Waals surface area (Å²) < 4.78 is 10.4. The molecule has 2 aromatic heterocycles. The first-order valence-corrected chi connectivity index (χ1v) is 6.50. The number of nitrogens with zero attached hydrogens (tertiary/aromatic N) is 3. The fourth-order valence-electron chi connectivity index (χ4n) is 2.54. The zero-order valence-corrected chi connectivity index (χ0v) is 10.9. The second kappa shape index (κ2) is 4.79. The van der Waals surface area contributed by atoms with E-state index in [0.717, 1.165) is 12.8 Å². The van der Waals surface area contributed by atoms with Crippen LogP contribution < -0.4 is 0 Å². The number of hydrogen-bond donors (Lipinski definition) is 1. The number of aliphatic hydroxyl groups is 1. The Morgan fingerprint density at radius 3 is 3.00 bits per heavy atom. The van der Waals surface area contributed by atoms with Crippen molar-refractivity contribution in [2.75, 3.05) is 13.1 Å². The van der Waals surface area contributed by atoms with Gasteiger partial charge in [-0.05, 0) is 18.6 Å². The number of hydrogen-bond acceptors (Lipinski definition) is 6. The van der Waals surface area contributed by atoms with E-state index in [4.69, 9.17) is 8.94 Å². The van der Waals surface area contributed by atoms with Crippen molar-refractivity contribution in [2.45, 2.75) is 31.9 Å². The molecule has 0 amide bonds. The van der Waals surface area contributed by atoms with Crippen molar-refractivity contribution in [1.29, 1.82) is 0 Å². The van der Waals surface area contributed by atoms with Crippen LogP contribution in [0.5, 0.6) is 0 Å². The standard InChI is InChI=1S/C13H17N3O3/c1-2-5-13(17)8-16(9-13)7-11-14-12(15-19-11)10-4-3-6-18-10/h3-4,6,17H,2,5,7-9H2,1H3. The molecule has 19 heavy (non-hydrogen) atoms. The maximum atomic E-state index is 10.1. The highest BCUT2D eigenvalue weighted by Gasteiger charge is 2.40. The lowest BCUT2D eigenvalue weighted by molar-refractivity contribution is -0.109. The third-order valence-electron chi connectivity index (χ3n) is 3.32. The van der Waals surface area contributed by atoms with Gasteiger partial charge in [0.15, 0.2) is 5.76 Å². The lowest BCUT2D eigenvalue weighted by Gasteiger charge is -2.46. The Labute approximate surface area is 111 Å². The largest absolute Gasteiger partial charge is 0.461 e. The molecule has 102 valence electrons. The first kappa shape index (κ1) is 12.4. The molecule has 6 nitrogen and oxygen atoms in total. The van der Waals surface area contributed by atoms with Crippen LogP contribution in [0.2, 0.25) is 0 Å². The third kappa shape index (κ3) is 2.54. The quantitative estimate of drug-likeness (QED) is 0.884. The van der Waals surface area contributed by atoms with Gasteiger partial charge in [0.25, 0.3) is 0 Å². The van der Waals surface area contributed by atoms with E-state index in [0.29, 0.717) is 37.1 Å². The van der Waals surface area contributed by atoms with Crippen LogP contribution in [0.3, 0.4) is 0 Å². The second-order valence-corrected chi connectivity index (χ2v) is 5.11. The molecule has 2 aromatic rings. The summed E-state index contributed by atoms with van der Waals surface area (Å²) in [5.74, 6) is 1.61. The maximum Gasteiger partial charge on any atom is 0.241 e. The molecule has 6 heteroatoms. The lowest BCUT2D eigenvalue weighted by atomic mass is 9.89. The molecule has 0 atom stereocenters. The Kier molecular flexibility index (Phi) is 3.12. The molecule has 1 aliphatic rings. The number of furan rings is 1. The van der Waals surface area contributed by atoms with E-state index < -0.39 is 5.60 Å². The van der Waals surface area contributed by atoms with Crippen molar-refractivity contribution in [3.8, 4) is 11.6 Å². The first-order valence-electron chi connectivity index (χ1n) is 6.50. The molecular weight excluding hydrogens is 246 g/mol. The second-order valence-electron chi connectivity index (χ2n) is 5.11. The van der Waals surface area contributed by atoms with E-state index in [2.05, 4.69) is 22.0 Å². The van der Waals surface area contributed by atoms with Gasteiger partial charge in [-0.1, -0.05) is 18.5 Å². The van der Waals surface area contributed by atoms with Crippen LogP contribution in [0.4, 0.5) is 0 Å². The lowest BCUT2D eigenvalue weighted by Crippen LogP contribution is -2.60. The average molecular weight is 263 g/mol. The Balaban J connectivity index is 1.58. The molecule has 0 bridgehead atoms. The van der Waals surface area contributed by atoms with Gasteiger partial charge in [-0.15, -0.1) is 0 Å². The van der Waals surface area contributed by atoms with E-state index in [-0.39, 0.29) is 0 Å². The van der Waals surface area contributed by atoms with E-state index in [9.17, 15) is 5.11 Å². The van der Waals surface area contributed by atoms with Gasteiger partial charge in [-0.3, -0.25) is 4.90 Å². The minimum Gasteiger partial charge on any atom is -0.461 e. The van der Waals surface area contributed by atoms with E-state index in [1.165, 1.54) is 0 Å². The highest BCUT2D eigenvalue weighted by molar-refractivity contribution is 5.44. The summed E-state index contributed by atoms with van der Waals surface area (Å²) in [5, 5.41) is 14.0. The minimum atomic E-state index is -0.529. The smallest absolute Gasteiger partial charge is 0.241 e. The van der Waals surface area contributed by atoms with Crippen LogP contribution in [-0.4, -0.2) is 38.8 Å². The minimum absolute atomic E-state index is 0.462. The van der Waals surface area contributed by atoms with Crippen molar-refractivity contribution < 1.29 is 14.0 Å². The van der Waals surface area contributed by atoms with Gasteiger partial charge in [-0.2, -0.15) is 4.98 Å². The summed E-state index contributed by atoms with van der Waals surface area (Å²) in [7, 11) is 0. The average Bonchev–Trinajstić information content (AvgIpc) is 2.96. The third-order valence-corrected chi connectivity index (χ3v) is 3.32. The zero-order valence-electron chi connectivity index (χ0n) is 10.9. The SMILES string of the molecule is CCCC1(O)CN(Cc2nc(-c3ccco3)no2)C1. The maximum absolute atomic E-state index is 10.1. The Hall–Kier alpha value is -1.66. The van der Waals surface area contributed by atoms with Gasteiger partial charge in [0.1, 0.15) is 0 Å². The van der Waals surface area contributed by atoms with Crippen LogP contribution in [0.1, 0.15) is 25.7 Å². The van der Waals surface area contributed by atoms with Crippen molar-refractivity contribution in [3.05, 3.63) is 24.3 Å². The summed E-state index contributed by atoms with van der Waals surface area (Å²) in [6.45, 7) is 3.98. The van der Waals surface area contributed by atoms with Gasteiger partial charge in [0, 0.05) is 13.1 Å². The summed E-state index contributed by atoms with van der Waals surface area (Å²) >= 11 is 0. The predicted octanol–water partition coefficient (Wildman–Crippen LogP) is 1.68. The summed E-state index contributed by atoms with van der Waals surface area (Å²) in [5.41, 5.74) is -0.529. The van der Waals surface area contributed by atoms with Gasteiger partial charge in [0.2, 0.25) is 11.7 Å². The molecule has 3 rings (SSSR count). The number of likely N-dealkylation sites (tertiary alicyclic amines) is 1. The van der Waals surface area contributed by atoms with E-state index in [1.807, 2.05) is 0 Å². The molecule has 1 fully saturated rings. The van der Waals surface area contributed by atoms with Crippen LogP contribution in [0.25, 0.3) is 11.6 Å². The monoisotopic (exact) mass is 263 g/mol. The molecule has 0 aromatic carbocycles. The number of aromatic nitrogens is 2. The topological polar surface area (TPSA) is 75.5 Å². The van der Waals surface area contributed by atoms with Crippen LogP contribution in [0, 0.1) is 0 Å². The predicted molar refractivity (Wildman–Crippen MR) is 67.1 cm³/mol. The zero-order chi connectivity index (χ0) is 13.3. The molecule has 1 aliphatic heterocycles. The van der Waals surface area contributed by atoms with Crippen molar-refractivity contribution in [1.82, 2.24) is 15.0 Å². The Morgan fingerprint density at radius 2 is 2.32 bits per heavy atom. The van der Waals surface area contributed by atoms with Gasteiger partial charge < -0.3 is 14.0 Å². The summed E-state index contributed by atoms with van der Waals surface area (Å²) in [6.07, 6.45) is 3.41. The van der Waals surface area contributed by atoms with Crippen molar-refractivity contribution in [2.24, 2.45) is 0 Å². The summed E-state index contributed by atoms with van der Waals surface area (Å²) in [4.78, 5) is 6.37. The number of rotatable bonds is 5. The molecular formula is C13H17N3O3. The van der Waals surface area contributed by atoms with Gasteiger partial charge in [0.05, 0.1) is 18.4 Å². The Bertz CT molecular complexity index is 529. The fourth-order valence-corrected chi connectivity index (χ4v) is 2.54. The van der Waals surface area contributed by atoms with Gasteiger partial charge in [-0.25, -0.2) is 0 Å². The highest BCUT2D eigenvalue weighted by Crippen LogP contribution is 2.27. The normalized spacial score (nSPS) is 18.4. The van der Waals surface area contributed by atoms with Crippen LogP contribution in [-0.2, 0) is 6.54 Å². The Morgan fingerprint density at radius 1 is 1.47 bits per heavy atom. The first-order chi connectivity index (χ1) is 9.18. The molecule has 0 aliphatic carbocycles. The molecule has 3 heterocycles. The van der Waals surface area contributed by atoms with E-state index in [1.54, 1.807) is 18.4 Å². The molecule has 0 radical (unpaired) electrons. The van der Waals surface area contributed by atoms with Crippen molar-refractivity contribution in [3.63, 3.8) is 0 Å². The highest BCUT2D eigenvalue weighted by atomic mass is 16.5. The van der Waals surface area contributed by atoms with Gasteiger partial charge >= 0.3 is 0 Å².